The van der Waals surface area contributed by atoms with Crippen LogP contribution in [0, 0.1) is 0 Å². The molecule has 0 unspecified atom stereocenters. The molecule has 0 fully saturated rings. The average Bonchev–Trinajstić information content (AvgIpc) is 2.37. The van der Waals surface area contributed by atoms with Gasteiger partial charge in [0.1, 0.15) is 5.75 Å². The summed E-state index contributed by atoms with van der Waals surface area (Å²) in [6, 6.07) is 3.96. The van der Waals surface area contributed by atoms with Gasteiger partial charge in [0.2, 0.25) is 0 Å². The fourth-order valence-electron chi connectivity index (χ4n) is 2.16. The molecule has 0 saturated heterocycles. The van der Waals surface area contributed by atoms with Crippen molar-refractivity contribution in [2.75, 3.05) is 0 Å². The van der Waals surface area contributed by atoms with Crippen molar-refractivity contribution in [3.63, 3.8) is 0 Å². The van der Waals surface area contributed by atoms with E-state index in [2.05, 4.69) is 33.4 Å². The van der Waals surface area contributed by atoms with E-state index < -0.39 is 0 Å². The largest absolute Gasteiger partial charge is 0.423 e. The highest BCUT2D eigenvalue weighted by Crippen LogP contribution is 2.28. The summed E-state index contributed by atoms with van der Waals surface area (Å²) in [4.78, 5) is 11.6. The summed E-state index contributed by atoms with van der Waals surface area (Å²) in [5.41, 5.74) is 4.22. The molecule has 0 aliphatic carbocycles. The molecule has 0 saturated carbocycles. The molecular formula is C16H22O2. The highest BCUT2D eigenvalue weighted by Gasteiger charge is 2.14. The Morgan fingerprint density at radius 2 is 1.72 bits per heavy atom. The van der Waals surface area contributed by atoms with E-state index in [1.165, 1.54) is 11.1 Å². The van der Waals surface area contributed by atoms with E-state index in [9.17, 15) is 4.79 Å². The number of esters is 1. The van der Waals surface area contributed by atoms with Gasteiger partial charge < -0.3 is 4.74 Å². The monoisotopic (exact) mass is 246 g/mol. The zero-order valence-corrected chi connectivity index (χ0v) is 11.8. The minimum Gasteiger partial charge on any atom is -0.423 e. The number of hydrogen-bond donors (Lipinski definition) is 0. The lowest BCUT2D eigenvalue weighted by Crippen LogP contribution is -2.11. The first-order chi connectivity index (χ1) is 8.54. The maximum absolute atomic E-state index is 11.6. The van der Waals surface area contributed by atoms with Crippen LogP contribution >= 0.6 is 0 Å². The molecule has 0 bridgehead atoms. The van der Waals surface area contributed by atoms with Gasteiger partial charge in [-0.15, -0.1) is 0 Å². The molecule has 1 aromatic carbocycles. The number of ether oxygens (including phenoxy) is 1. The van der Waals surface area contributed by atoms with Crippen LogP contribution in [-0.4, -0.2) is 5.97 Å². The third-order valence-electron chi connectivity index (χ3n) is 3.12. The molecule has 0 N–H and O–H groups in total. The third kappa shape index (κ3) is 3.00. The third-order valence-corrected chi connectivity index (χ3v) is 3.12. The topological polar surface area (TPSA) is 26.3 Å². The van der Waals surface area contributed by atoms with Crippen molar-refractivity contribution in [3.8, 4) is 5.75 Å². The highest BCUT2D eigenvalue weighted by atomic mass is 16.5. The van der Waals surface area contributed by atoms with Gasteiger partial charge in [0.05, 0.1) is 0 Å². The minimum atomic E-state index is -0.351. The number of carbonyl (C=O) groups is 1. The van der Waals surface area contributed by atoms with Gasteiger partial charge in [-0.05, 0) is 48.9 Å². The van der Waals surface area contributed by atoms with Crippen molar-refractivity contribution in [1.82, 2.24) is 0 Å². The second kappa shape index (κ2) is 6.39. The predicted molar refractivity (Wildman–Crippen MR) is 75.0 cm³/mol. The van der Waals surface area contributed by atoms with Crippen LogP contribution in [0.3, 0.4) is 0 Å². The average molecular weight is 246 g/mol. The van der Waals surface area contributed by atoms with Gasteiger partial charge in [-0.3, -0.25) is 0 Å². The zero-order valence-electron chi connectivity index (χ0n) is 11.8. The maximum atomic E-state index is 11.6. The second-order valence-corrected chi connectivity index (χ2v) is 4.41. The Balaban J connectivity index is 3.20. The van der Waals surface area contributed by atoms with Crippen LogP contribution in [0.1, 0.15) is 44.4 Å². The van der Waals surface area contributed by atoms with E-state index in [0.29, 0.717) is 11.3 Å². The van der Waals surface area contributed by atoms with Crippen LogP contribution < -0.4 is 4.74 Å². The van der Waals surface area contributed by atoms with E-state index in [1.807, 2.05) is 6.07 Å². The minimum absolute atomic E-state index is 0.351. The molecule has 0 aliphatic heterocycles. The van der Waals surface area contributed by atoms with Crippen molar-refractivity contribution in [1.29, 1.82) is 0 Å². The molecule has 2 nitrogen and oxygen atoms in total. The van der Waals surface area contributed by atoms with Crippen molar-refractivity contribution in [2.45, 2.75) is 47.0 Å². The predicted octanol–water partition coefficient (Wildman–Crippen LogP) is 3.86. The Morgan fingerprint density at radius 1 is 1.11 bits per heavy atom. The van der Waals surface area contributed by atoms with Gasteiger partial charge in [0.15, 0.2) is 0 Å². The Bertz CT molecular complexity index is 458. The maximum Gasteiger partial charge on any atom is 0.338 e. The first-order valence-corrected chi connectivity index (χ1v) is 6.56. The van der Waals surface area contributed by atoms with Gasteiger partial charge >= 0.3 is 5.97 Å². The smallest absolute Gasteiger partial charge is 0.338 e. The molecule has 98 valence electrons. The fourth-order valence-corrected chi connectivity index (χ4v) is 2.16. The molecule has 0 radical (unpaired) electrons. The fraction of sp³-hybridized carbons (Fsp3) is 0.438. The molecule has 0 atom stereocenters. The summed E-state index contributed by atoms with van der Waals surface area (Å²) in [6.45, 7) is 11.6. The standard InChI is InChI=1S/C16H22O2/c1-6-12-9-10-15(18-16(17)11(4)5)14(8-3)13(12)7-2/h9-10H,4,6-8H2,1-3,5H3. The molecule has 1 aromatic rings. The molecule has 0 amide bonds. The van der Waals surface area contributed by atoms with Gasteiger partial charge in [-0.25, -0.2) is 4.79 Å². The Labute approximate surface area is 110 Å². The second-order valence-electron chi connectivity index (χ2n) is 4.41. The molecule has 0 heterocycles. The lowest BCUT2D eigenvalue weighted by atomic mass is 9.95. The van der Waals surface area contributed by atoms with Crippen molar-refractivity contribution in [3.05, 3.63) is 41.0 Å². The summed E-state index contributed by atoms with van der Waals surface area (Å²) < 4.78 is 5.40. The first kappa shape index (κ1) is 14.5. The van der Waals surface area contributed by atoms with E-state index in [0.717, 1.165) is 24.8 Å². The van der Waals surface area contributed by atoms with E-state index in [4.69, 9.17) is 4.74 Å². The zero-order chi connectivity index (χ0) is 13.7. The Kier molecular flexibility index (Phi) is 5.14. The molecule has 0 spiro atoms. The van der Waals surface area contributed by atoms with Crippen LogP contribution in [0.25, 0.3) is 0 Å². The molecule has 2 heteroatoms. The number of aryl methyl sites for hydroxylation is 1. The summed E-state index contributed by atoms with van der Waals surface area (Å²) in [6.07, 6.45) is 2.84. The van der Waals surface area contributed by atoms with Gasteiger partial charge in [-0.2, -0.15) is 0 Å². The van der Waals surface area contributed by atoms with Crippen LogP contribution in [-0.2, 0) is 24.1 Å². The van der Waals surface area contributed by atoms with Gasteiger partial charge in [0, 0.05) is 5.57 Å². The number of hydrogen-bond acceptors (Lipinski definition) is 2. The molecular weight excluding hydrogens is 224 g/mol. The SMILES string of the molecule is C=C(C)C(=O)Oc1ccc(CC)c(CC)c1CC. The quantitative estimate of drug-likeness (QED) is 0.448. The number of benzene rings is 1. The molecule has 1 rings (SSSR count). The Morgan fingerprint density at radius 3 is 2.17 bits per heavy atom. The van der Waals surface area contributed by atoms with Crippen LogP contribution in [0.15, 0.2) is 24.3 Å². The number of rotatable bonds is 5. The van der Waals surface area contributed by atoms with Crippen molar-refractivity contribution >= 4 is 5.97 Å². The van der Waals surface area contributed by atoms with Crippen molar-refractivity contribution < 1.29 is 9.53 Å². The van der Waals surface area contributed by atoms with E-state index >= 15 is 0 Å². The lowest BCUT2D eigenvalue weighted by Gasteiger charge is -2.16. The highest BCUT2D eigenvalue weighted by molar-refractivity contribution is 5.89. The lowest BCUT2D eigenvalue weighted by molar-refractivity contribution is -0.130. The summed E-state index contributed by atoms with van der Waals surface area (Å²) in [5, 5.41) is 0. The first-order valence-electron chi connectivity index (χ1n) is 6.56. The van der Waals surface area contributed by atoms with Crippen LogP contribution in [0.2, 0.25) is 0 Å². The van der Waals surface area contributed by atoms with E-state index in [1.54, 1.807) is 6.92 Å². The van der Waals surface area contributed by atoms with Crippen LogP contribution in [0.5, 0.6) is 5.75 Å². The summed E-state index contributed by atoms with van der Waals surface area (Å²) in [7, 11) is 0. The van der Waals surface area contributed by atoms with Gasteiger partial charge in [0.25, 0.3) is 0 Å². The van der Waals surface area contributed by atoms with E-state index in [-0.39, 0.29) is 5.97 Å². The molecule has 0 aromatic heterocycles. The number of carbonyl (C=O) groups excluding carboxylic acids is 1. The van der Waals surface area contributed by atoms with Crippen molar-refractivity contribution in [2.24, 2.45) is 0 Å². The van der Waals surface area contributed by atoms with Gasteiger partial charge in [-0.1, -0.05) is 33.4 Å². The summed E-state index contributed by atoms with van der Waals surface area (Å²) >= 11 is 0. The normalized spacial score (nSPS) is 10.2. The molecule has 18 heavy (non-hydrogen) atoms. The molecule has 0 aliphatic rings. The summed E-state index contributed by atoms with van der Waals surface area (Å²) in [5.74, 6) is 0.329. The van der Waals surface area contributed by atoms with Crippen LogP contribution in [0.4, 0.5) is 0 Å². The Hall–Kier alpha value is -1.57.